The molecule has 0 amide bonds. The lowest BCUT2D eigenvalue weighted by atomic mass is 9.86. The van der Waals surface area contributed by atoms with Gasteiger partial charge in [-0.25, -0.2) is 0 Å². The third-order valence-electron chi connectivity index (χ3n) is 3.95. The Balaban J connectivity index is 1.65. The van der Waals surface area contributed by atoms with E-state index in [-0.39, 0.29) is 0 Å². The van der Waals surface area contributed by atoms with Gasteiger partial charge in [0, 0.05) is 12.6 Å². The first kappa shape index (κ1) is 14.2. The largest absolute Gasteiger partial charge is 0.497 e. The van der Waals surface area contributed by atoms with Gasteiger partial charge in [-0.05, 0) is 43.0 Å². The SMILES string of the molecule is COc1ccc(OCCNC2CCCCC2C)cc1. The molecule has 0 aliphatic heterocycles. The van der Waals surface area contributed by atoms with Crippen molar-refractivity contribution in [2.45, 2.75) is 38.6 Å². The van der Waals surface area contributed by atoms with Gasteiger partial charge in [0.25, 0.3) is 0 Å². The van der Waals surface area contributed by atoms with Crippen LogP contribution in [0.5, 0.6) is 11.5 Å². The fourth-order valence-corrected chi connectivity index (χ4v) is 2.70. The van der Waals surface area contributed by atoms with Crippen LogP contribution in [-0.2, 0) is 0 Å². The molecule has 0 aromatic heterocycles. The first-order chi connectivity index (χ1) is 9.29. The highest BCUT2D eigenvalue weighted by Gasteiger charge is 2.20. The van der Waals surface area contributed by atoms with Gasteiger partial charge in [-0.1, -0.05) is 19.8 Å². The lowest BCUT2D eigenvalue weighted by Crippen LogP contribution is -2.39. The maximum atomic E-state index is 5.71. The molecule has 3 heteroatoms. The van der Waals surface area contributed by atoms with E-state index in [1.54, 1.807) is 7.11 Å². The molecule has 1 aromatic rings. The second kappa shape index (κ2) is 7.39. The lowest BCUT2D eigenvalue weighted by molar-refractivity contribution is 0.251. The Morgan fingerprint density at radius 3 is 2.47 bits per heavy atom. The van der Waals surface area contributed by atoms with Crippen LogP contribution in [0.15, 0.2) is 24.3 Å². The molecular weight excluding hydrogens is 238 g/mol. The molecule has 1 fully saturated rings. The van der Waals surface area contributed by atoms with Crippen molar-refractivity contribution < 1.29 is 9.47 Å². The van der Waals surface area contributed by atoms with Gasteiger partial charge >= 0.3 is 0 Å². The molecule has 2 atom stereocenters. The molecule has 0 heterocycles. The van der Waals surface area contributed by atoms with Gasteiger partial charge < -0.3 is 14.8 Å². The van der Waals surface area contributed by atoms with E-state index >= 15 is 0 Å². The normalized spacial score (nSPS) is 23.1. The van der Waals surface area contributed by atoms with Crippen LogP contribution in [-0.4, -0.2) is 26.3 Å². The van der Waals surface area contributed by atoms with Crippen molar-refractivity contribution in [1.29, 1.82) is 0 Å². The monoisotopic (exact) mass is 263 g/mol. The summed E-state index contributed by atoms with van der Waals surface area (Å²) >= 11 is 0. The van der Waals surface area contributed by atoms with Gasteiger partial charge in [0.1, 0.15) is 18.1 Å². The summed E-state index contributed by atoms with van der Waals surface area (Å²) in [5, 5.41) is 3.61. The van der Waals surface area contributed by atoms with Crippen LogP contribution < -0.4 is 14.8 Å². The molecule has 19 heavy (non-hydrogen) atoms. The Morgan fingerprint density at radius 2 is 1.79 bits per heavy atom. The lowest BCUT2D eigenvalue weighted by Gasteiger charge is -2.29. The zero-order valence-electron chi connectivity index (χ0n) is 12.0. The van der Waals surface area contributed by atoms with Crippen molar-refractivity contribution in [1.82, 2.24) is 5.32 Å². The summed E-state index contributed by atoms with van der Waals surface area (Å²) in [6, 6.07) is 8.41. The molecule has 0 spiro atoms. The van der Waals surface area contributed by atoms with Crippen molar-refractivity contribution in [3.8, 4) is 11.5 Å². The quantitative estimate of drug-likeness (QED) is 0.799. The van der Waals surface area contributed by atoms with E-state index in [1.165, 1.54) is 25.7 Å². The molecule has 2 rings (SSSR count). The number of hydrogen-bond acceptors (Lipinski definition) is 3. The Labute approximate surface area is 116 Å². The van der Waals surface area contributed by atoms with Crippen LogP contribution >= 0.6 is 0 Å². The fourth-order valence-electron chi connectivity index (χ4n) is 2.70. The van der Waals surface area contributed by atoms with Gasteiger partial charge in [-0.15, -0.1) is 0 Å². The molecule has 0 saturated heterocycles. The number of ether oxygens (including phenoxy) is 2. The molecule has 3 nitrogen and oxygen atoms in total. The van der Waals surface area contributed by atoms with Crippen molar-refractivity contribution in [3.05, 3.63) is 24.3 Å². The maximum Gasteiger partial charge on any atom is 0.119 e. The molecule has 1 saturated carbocycles. The van der Waals surface area contributed by atoms with E-state index in [2.05, 4.69) is 12.2 Å². The minimum absolute atomic E-state index is 0.674. The third-order valence-corrected chi connectivity index (χ3v) is 3.95. The maximum absolute atomic E-state index is 5.71. The van der Waals surface area contributed by atoms with Crippen LogP contribution in [0.25, 0.3) is 0 Å². The van der Waals surface area contributed by atoms with Crippen molar-refractivity contribution >= 4 is 0 Å². The number of benzene rings is 1. The second-order valence-electron chi connectivity index (χ2n) is 5.35. The minimum Gasteiger partial charge on any atom is -0.497 e. The molecule has 0 bridgehead atoms. The molecular formula is C16H25NO2. The summed E-state index contributed by atoms with van der Waals surface area (Å²) in [4.78, 5) is 0. The first-order valence-corrected chi connectivity index (χ1v) is 7.30. The van der Waals surface area contributed by atoms with Crippen molar-refractivity contribution in [2.24, 2.45) is 5.92 Å². The van der Waals surface area contributed by atoms with E-state index in [4.69, 9.17) is 9.47 Å². The number of hydrogen-bond donors (Lipinski definition) is 1. The zero-order valence-corrected chi connectivity index (χ0v) is 12.0. The first-order valence-electron chi connectivity index (χ1n) is 7.30. The highest BCUT2D eigenvalue weighted by molar-refractivity contribution is 5.31. The second-order valence-corrected chi connectivity index (χ2v) is 5.35. The van der Waals surface area contributed by atoms with Crippen LogP contribution in [0.4, 0.5) is 0 Å². The van der Waals surface area contributed by atoms with E-state index in [0.717, 1.165) is 30.6 Å². The molecule has 1 aromatic carbocycles. The average molecular weight is 263 g/mol. The summed E-state index contributed by atoms with van der Waals surface area (Å²) in [6.07, 6.45) is 5.42. The van der Waals surface area contributed by atoms with E-state index < -0.39 is 0 Å². The van der Waals surface area contributed by atoms with Gasteiger partial charge in [-0.3, -0.25) is 0 Å². The van der Waals surface area contributed by atoms with Crippen LogP contribution in [0.2, 0.25) is 0 Å². The predicted octanol–water partition coefficient (Wildman–Crippen LogP) is 3.24. The van der Waals surface area contributed by atoms with E-state index in [1.807, 2.05) is 24.3 Å². The summed E-state index contributed by atoms with van der Waals surface area (Å²) in [5.41, 5.74) is 0. The summed E-state index contributed by atoms with van der Waals surface area (Å²) in [5.74, 6) is 2.57. The topological polar surface area (TPSA) is 30.5 Å². The minimum atomic E-state index is 0.674. The number of methoxy groups -OCH3 is 1. The zero-order chi connectivity index (χ0) is 13.5. The molecule has 1 N–H and O–H groups in total. The smallest absolute Gasteiger partial charge is 0.119 e. The Bertz CT molecular complexity index is 364. The molecule has 106 valence electrons. The van der Waals surface area contributed by atoms with Gasteiger partial charge in [-0.2, -0.15) is 0 Å². The van der Waals surface area contributed by atoms with Crippen molar-refractivity contribution in [3.63, 3.8) is 0 Å². The predicted molar refractivity (Wildman–Crippen MR) is 77.9 cm³/mol. The standard InChI is InChI=1S/C16H25NO2/c1-13-5-3-4-6-16(13)17-11-12-19-15-9-7-14(18-2)8-10-15/h7-10,13,16-17H,3-6,11-12H2,1-2H3. The van der Waals surface area contributed by atoms with Crippen LogP contribution in [0.1, 0.15) is 32.6 Å². The average Bonchev–Trinajstić information content (AvgIpc) is 2.46. The molecule has 2 unspecified atom stereocenters. The van der Waals surface area contributed by atoms with E-state index in [9.17, 15) is 0 Å². The summed E-state index contributed by atoms with van der Waals surface area (Å²) in [7, 11) is 1.67. The highest BCUT2D eigenvalue weighted by Crippen LogP contribution is 2.23. The summed E-state index contributed by atoms with van der Waals surface area (Å²) < 4.78 is 10.8. The number of rotatable bonds is 6. The van der Waals surface area contributed by atoms with Crippen LogP contribution in [0.3, 0.4) is 0 Å². The van der Waals surface area contributed by atoms with Gasteiger partial charge in [0.15, 0.2) is 0 Å². The summed E-state index contributed by atoms with van der Waals surface area (Å²) in [6.45, 7) is 3.98. The number of nitrogens with one attached hydrogen (secondary N) is 1. The Kier molecular flexibility index (Phi) is 5.52. The highest BCUT2D eigenvalue weighted by atomic mass is 16.5. The molecule has 0 radical (unpaired) electrons. The third kappa shape index (κ3) is 4.43. The Hall–Kier alpha value is -1.22. The van der Waals surface area contributed by atoms with E-state index in [0.29, 0.717) is 6.04 Å². The van der Waals surface area contributed by atoms with Crippen LogP contribution in [0, 0.1) is 5.92 Å². The Morgan fingerprint density at radius 1 is 1.11 bits per heavy atom. The molecule has 1 aliphatic carbocycles. The van der Waals surface area contributed by atoms with Crippen molar-refractivity contribution in [2.75, 3.05) is 20.3 Å². The molecule has 1 aliphatic rings. The van der Waals surface area contributed by atoms with Gasteiger partial charge in [0.05, 0.1) is 7.11 Å². The van der Waals surface area contributed by atoms with Gasteiger partial charge in [0.2, 0.25) is 0 Å². The fraction of sp³-hybridized carbons (Fsp3) is 0.625.